The zero-order valence-corrected chi connectivity index (χ0v) is 15.4. The van der Waals surface area contributed by atoms with Crippen molar-refractivity contribution in [2.24, 2.45) is 0 Å². The summed E-state index contributed by atoms with van der Waals surface area (Å²) in [6.07, 6.45) is 1.46. The fraction of sp³-hybridized carbons (Fsp3) is 0.474. The SMILES string of the molecule is CCOc1cc(N(CC)CC)ccc1C=C1C(=O)OC(C)(C)OC1=O. The first kappa shape index (κ1) is 18.8. The second-order valence-electron chi connectivity index (χ2n) is 6.06. The van der Waals surface area contributed by atoms with E-state index in [-0.39, 0.29) is 5.57 Å². The Morgan fingerprint density at radius 3 is 2.20 bits per heavy atom. The number of ether oxygens (including phenoxy) is 3. The molecule has 6 nitrogen and oxygen atoms in total. The van der Waals surface area contributed by atoms with Gasteiger partial charge in [-0.25, -0.2) is 9.59 Å². The van der Waals surface area contributed by atoms with Crippen LogP contribution in [0.2, 0.25) is 0 Å². The molecule has 0 aromatic heterocycles. The number of rotatable bonds is 6. The van der Waals surface area contributed by atoms with E-state index < -0.39 is 17.7 Å². The smallest absolute Gasteiger partial charge is 0.348 e. The molecule has 0 bridgehead atoms. The Kier molecular flexibility index (Phi) is 5.72. The first-order valence-corrected chi connectivity index (χ1v) is 8.51. The molecular weight excluding hydrogens is 322 g/mol. The number of nitrogens with zero attached hydrogens (tertiary/aromatic N) is 1. The highest BCUT2D eigenvalue weighted by molar-refractivity contribution is 6.19. The van der Waals surface area contributed by atoms with Crippen LogP contribution in [0.15, 0.2) is 23.8 Å². The number of hydrogen-bond donors (Lipinski definition) is 0. The maximum absolute atomic E-state index is 12.1. The third kappa shape index (κ3) is 4.32. The fourth-order valence-electron chi connectivity index (χ4n) is 2.64. The first-order valence-electron chi connectivity index (χ1n) is 8.51. The quantitative estimate of drug-likeness (QED) is 0.447. The number of anilines is 1. The largest absolute Gasteiger partial charge is 0.493 e. The predicted octanol–water partition coefficient (Wildman–Crippen LogP) is 3.15. The van der Waals surface area contributed by atoms with Crippen molar-refractivity contribution < 1.29 is 23.8 Å². The Morgan fingerprint density at radius 1 is 1.08 bits per heavy atom. The zero-order chi connectivity index (χ0) is 18.6. The lowest BCUT2D eigenvalue weighted by Gasteiger charge is -2.29. The summed E-state index contributed by atoms with van der Waals surface area (Å²) in [7, 11) is 0. The Bertz CT molecular complexity index is 667. The summed E-state index contributed by atoms with van der Waals surface area (Å²) in [5.41, 5.74) is 1.50. The van der Waals surface area contributed by atoms with E-state index >= 15 is 0 Å². The van der Waals surface area contributed by atoms with E-state index in [0.29, 0.717) is 17.9 Å². The van der Waals surface area contributed by atoms with E-state index in [1.807, 2.05) is 25.1 Å². The molecule has 1 saturated heterocycles. The van der Waals surface area contributed by atoms with E-state index in [1.54, 1.807) is 0 Å². The van der Waals surface area contributed by atoms with E-state index in [1.165, 1.54) is 19.9 Å². The second kappa shape index (κ2) is 7.59. The lowest BCUT2D eigenvalue weighted by Crippen LogP contribution is -2.41. The van der Waals surface area contributed by atoms with Gasteiger partial charge in [0.05, 0.1) is 6.61 Å². The van der Waals surface area contributed by atoms with Crippen LogP contribution in [0.1, 0.15) is 40.2 Å². The van der Waals surface area contributed by atoms with Crippen molar-refractivity contribution in [1.82, 2.24) is 0 Å². The van der Waals surface area contributed by atoms with Gasteiger partial charge in [0.1, 0.15) is 11.3 Å². The van der Waals surface area contributed by atoms with Gasteiger partial charge in [-0.1, -0.05) is 0 Å². The number of carbonyl (C=O) groups excluding carboxylic acids is 2. The summed E-state index contributed by atoms with van der Waals surface area (Å²) >= 11 is 0. The van der Waals surface area contributed by atoms with E-state index in [2.05, 4.69) is 18.7 Å². The number of hydrogen-bond acceptors (Lipinski definition) is 6. The predicted molar refractivity (Wildman–Crippen MR) is 95.4 cm³/mol. The van der Waals surface area contributed by atoms with Crippen molar-refractivity contribution in [2.45, 2.75) is 40.4 Å². The van der Waals surface area contributed by atoms with E-state index in [0.717, 1.165) is 18.8 Å². The van der Waals surface area contributed by atoms with Gasteiger partial charge in [-0.2, -0.15) is 0 Å². The topological polar surface area (TPSA) is 65.1 Å². The summed E-state index contributed by atoms with van der Waals surface area (Å²) in [5.74, 6) is -2.04. The molecule has 1 heterocycles. The number of benzene rings is 1. The minimum atomic E-state index is -1.25. The van der Waals surface area contributed by atoms with Gasteiger partial charge in [0.2, 0.25) is 0 Å². The summed E-state index contributed by atoms with van der Waals surface area (Å²) in [5, 5.41) is 0. The van der Waals surface area contributed by atoms with Crippen molar-refractivity contribution in [2.75, 3.05) is 24.6 Å². The lowest BCUT2D eigenvalue weighted by molar-refractivity contribution is -0.222. The zero-order valence-electron chi connectivity index (χ0n) is 15.4. The monoisotopic (exact) mass is 347 g/mol. The molecule has 0 atom stereocenters. The van der Waals surface area contributed by atoms with E-state index in [4.69, 9.17) is 14.2 Å². The van der Waals surface area contributed by atoms with Crippen LogP contribution in [-0.4, -0.2) is 37.4 Å². The molecule has 0 aliphatic carbocycles. The van der Waals surface area contributed by atoms with Crippen molar-refractivity contribution in [1.29, 1.82) is 0 Å². The highest BCUT2D eigenvalue weighted by Crippen LogP contribution is 2.30. The van der Waals surface area contributed by atoms with Crippen LogP contribution in [0.4, 0.5) is 5.69 Å². The van der Waals surface area contributed by atoms with Crippen LogP contribution in [0.5, 0.6) is 5.75 Å². The number of cyclic esters (lactones) is 2. The molecule has 2 rings (SSSR count). The Balaban J connectivity index is 2.41. The molecule has 1 aromatic rings. The average Bonchev–Trinajstić information content (AvgIpc) is 2.53. The molecule has 136 valence electrons. The molecule has 1 fully saturated rings. The maximum Gasteiger partial charge on any atom is 0.348 e. The molecule has 25 heavy (non-hydrogen) atoms. The van der Waals surface area contributed by atoms with Crippen LogP contribution in [0.3, 0.4) is 0 Å². The molecule has 0 unspecified atom stereocenters. The lowest BCUT2D eigenvalue weighted by atomic mass is 10.1. The molecule has 0 radical (unpaired) electrons. The Labute approximate surface area is 148 Å². The third-order valence-electron chi connectivity index (χ3n) is 3.84. The molecule has 1 aliphatic rings. The van der Waals surface area contributed by atoms with Gasteiger partial charge < -0.3 is 19.1 Å². The normalized spacial score (nSPS) is 16.1. The average molecular weight is 347 g/mol. The van der Waals surface area contributed by atoms with Crippen LogP contribution in [-0.2, 0) is 19.1 Å². The molecule has 0 spiro atoms. The minimum Gasteiger partial charge on any atom is -0.493 e. The maximum atomic E-state index is 12.1. The number of carbonyl (C=O) groups is 2. The van der Waals surface area contributed by atoms with Gasteiger partial charge in [0.25, 0.3) is 5.79 Å². The van der Waals surface area contributed by atoms with Crippen molar-refractivity contribution >= 4 is 23.7 Å². The fourth-order valence-corrected chi connectivity index (χ4v) is 2.64. The second-order valence-corrected chi connectivity index (χ2v) is 6.06. The van der Waals surface area contributed by atoms with E-state index in [9.17, 15) is 9.59 Å². The first-order chi connectivity index (χ1) is 11.8. The van der Waals surface area contributed by atoms with Crippen LogP contribution >= 0.6 is 0 Å². The highest BCUT2D eigenvalue weighted by atomic mass is 16.7. The molecular formula is C19H25NO5. The van der Waals surface area contributed by atoms with Crippen molar-refractivity contribution in [3.05, 3.63) is 29.3 Å². The summed E-state index contributed by atoms with van der Waals surface area (Å²) in [6, 6.07) is 5.67. The van der Waals surface area contributed by atoms with Gasteiger partial charge in [-0.05, 0) is 39.0 Å². The summed E-state index contributed by atoms with van der Waals surface area (Å²) < 4.78 is 15.9. The molecule has 1 aromatic carbocycles. The molecule has 6 heteroatoms. The van der Waals surface area contributed by atoms with Gasteiger partial charge in [-0.15, -0.1) is 0 Å². The van der Waals surface area contributed by atoms with Gasteiger partial charge in [0, 0.05) is 44.3 Å². The third-order valence-corrected chi connectivity index (χ3v) is 3.84. The van der Waals surface area contributed by atoms with Crippen LogP contribution in [0.25, 0.3) is 6.08 Å². The standard InChI is InChI=1S/C19H25NO5/c1-6-20(7-2)14-10-9-13(16(12-14)23-8-3)11-15-17(21)24-19(4,5)25-18(15)22/h9-12H,6-8H2,1-5H3. The number of esters is 2. The Hall–Kier alpha value is -2.50. The van der Waals surface area contributed by atoms with Gasteiger partial charge >= 0.3 is 11.9 Å². The van der Waals surface area contributed by atoms with Crippen molar-refractivity contribution in [3.63, 3.8) is 0 Å². The summed E-state index contributed by atoms with van der Waals surface area (Å²) in [6.45, 7) is 11.3. The highest BCUT2D eigenvalue weighted by Gasteiger charge is 2.39. The van der Waals surface area contributed by atoms with Gasteiger partial charge in [0.15, 0.2) is 0 Å². The molecule has 0 saturated carbocycles. The van der Waals surface area contributed by atoms with Crippen LogP contribution < -0.4 is 9.64 Å². The molecule has 0 N–H and O–H groups in total. The Morgan fingerprint density at radius 2 is 1.68 bits per heavy atom. The van der Waals surface area contributed by atoms with Gasteiger partial charge in [-0.3, -0.25) is 0 Å². The molecule has 1 aliphatic heterocycles. The summed E-state index contributed by atoms with van der Waals surface area (Å²) in [4.78, 5) is 26.4. The van der Waals surface area contributed by atoms with Crippen LogP contribution in [0, 0.1) is 0 Å². The minimum absolute atomic E-state index is 0.143. The molecule has 0 amide bonds. The van der Waals surface area contributed by atoms with Crippen molar-refractivity contribution in [3.8, 4) is 5.75 Å².